The zero-order chi connectivity index (χ0) is 13.1. The Morgan fingerprint density at radius 1 is 1.44 bits per heavy atom. The first-order chi connectivity index (χ1) is 8.61. The van der Waals surface area contributed by atoms with Crippen LogP contribution in [0.3, 0.4) is 0 Å². The molecule has 1 saturated heterocycles. The van der Waals surface area contributed by atoms with Gasteiger partial charge in [-0.05, 0) is 56.5 Å². The second-order valence-electron chi connectivity index (χ2n) is 5.15. The van der Waals surface area contributed by atoms with Gasteiger partial charge in [-0.3, -0.25) is 4.79 Å². The van der Waals surface area contributed by atoms with Crippen LogP contribution in [-0.4, -0.2) is 26.0 Å². The van der Waals surface area contributed by atoms with Gasteiger partial charge in [0.2, 0.25) is 0 Å². The molecule has 0 amide bonds. The van der Waals surface area contributed by atoms with Crippen molar-refractivity contribution in [2.45, 2.75) is 26.7 Å². The van der Waals surface area contributed by atoms with Gasteiger partial charge in [-0.15, -0.1) is 0 Å². The summed E-state index contributed by atoms with van der Waals surface area (Å²) in [6.07, 6.45) is 1.71. The predicted octanol–water partition coefficient (Wildman–Crippen LogP) is 2.49. The van der Waals surface area contributed by atoms with Crippen molar-refractivity contribution < 1.29 is 9.53 Å². The number of ketones is 1. The van der Waals surface area contributed by atoms with E-state index in [0.29, 0.717) is 18.1 Å². The van der Waals surface area contributed by atoms with Gasteiger partial charge in [0, 0.05) is 6.42 Å². The second kappa shape index (κ2) is 5.53. The highest BCUT2D eigenvalue weighted by molar-refractivity contribution is 6.00. The first-order valence-corrected chi connectivity index (χ1v) is 6.51. The summed E-state index contributed by atoms with van der Waals surface area (Å²) in [5.41, 5.74) is 2.90. The normalized spacial score (nSPS) is 18.9. The molecular weight excluding hydrogens is 226 g/mol. The second-order valence-corrected chi connectivity index (χ2v) is 5.15. The molecule has 1 atom stereocenters. The highest BCUT2D eigenvalue weighted by Gasteiger charge is 2.22. The molecule has 0 aliphatic carbocycles. The monoisotopic (exact) mass is 247 g/mol. The highest BCUT2D eigenvalue weighted by atomic mass is 16.5. The molecule has 3 nitrogen and oxygen atoms in total. The van der Waals surface area contributed by atoms with Crippen LogP contribution in [0.25, 0.3) is 0 Å². The quantitative estimate of drug-likeness (QED) is 0.831. The zero-order valence-electron chi connectivity index (χ0n) is 11.4. The van der Waals surface area contributed by atoms with Gasteiger partial charge in [0.1, 0.15) is 5.75 Å². The van der Waals surface area contributed by atoms with Crippen LogP contribution in [0, 0.1) is 19.8 Å². The SMILES string of the molecule is COc1cc(C)cc(C)c1C(=O)CC1CCNC1. The fourth-order valence-electron chi connectivity index (χ4n) is 2.70. The zero-order valence-corrected chi connectivity index (χ0v) is 11.4. The number of rotatable bonds is 4. The molecule has 1 aromatic rings. The van der Waals surface area contributed by atoms with Crippen molar-refractivity contribution in [2.75, 3.05) is 20.2 Å². The van der Waals surface area contributed by atoms with Crippen LogP contribution >= 0.6 is 0 Å². The van der Waals surface area contributed by atoms with Crippen LogP contribution in [-0.2, 0) is 0 Å². The first kappa shape index (κ1) is 13.1. The summed E-state index contributed by atoms with van der Waals surface area (Å²) in [5.74, 6) is 1.39. The van der Waals surface area contributed by atoms with Gasteiger partial charge >= 0.3 is 0 Å². The summed E-state index contributed by atoms with van der Waals surface area (Å²) < 4.78 is 5.36. The van der Waals surface area contributed by atoms with Gasteiger partial charge in [-0.2, -0.15) is 0 Å². The highest BCUT2D eigenvalue weighted by Crippen LogP contribution is 2.27. The number of ether oxygens (including phenoxy) is 1. The number of benzene rings is 1. The van der Waals surface area contributed by atoms with E-state index >= 15 is 0 Å². The van der Waals surface area contributed by atoms with Gasteiger partial charge in [0.15, 0.2) is 5.78 Å². The number of carbonyl (C=O) groups is 1. The van der Waals surface area contributed by atoms with E-state index < -0.39 is 0 Å². The Morgan fingerprint density at radius 2 is 2.22 bits per heavy atom. The number of aryl methyl sites for hydroxylation is 2. The Hall–Kier alpha value is -1.35. The molecule has 1 fully saturated rings. The minimum atomic E-state index is 0.207. The van der Waals surface area contributed by atoms with E-state index in [0.717, 1.165) is 36.2 Å². The Labute approximate surface area is 109 Å². The smallest absolute Gasteiger partial charge is 0.167 e. The Balaban J connectivity index is 2.23. The van der Waals surface area contributed by atoms with Crippen LogP contribution in [0.4, 0.5) is 0 Å². The number of nitrogens with one attached hydrogen (secondary N) is 1. The molecule has 0 radical (unpaired) electrons. The maximum atomic E-state index is 12.4. The van der Waals surface area contributed by atoms with Crippen LogP contribution in [0.1, 0.15) is 34.3 Å². The molecule has 98 valence electrons. The Kier molecular flexibility index (Phi) is 4.02. The van der Waals surface area contributed by atoms with Crippen LogP contribution < -0.4 is 10.1 Å². The van der Waals surface area contributed by atoms with Crippen molar-refractivity contribution in [1.82, 2.24) is 5.32 Å². The van der Waals surface area contributed by atoms with Gasteiger partial charge in [0.05, 0.1) is 12.7 Å². The van der Waals surface area contributed by atoms with Gasteiger partial charge in [0.25, 0.3) is 0 Å². The number of hydrogen-bond donors (Lipinski definition) is 1. The van der Waals surface area contributed by atoms with E-state index in [1.807, 2.05) is 26.0 Å². The third kappa shape index (κ3) is 2.72. The summed E-state index contributed by atoms with van der Waals surface area (Å²) in [7, 11) is 1.63. The van der Waals surface area contributed by atoms with E-state index in [2.05, 4.69) is 5.32 Å². The lowest BCUT2D eigenvalue weighted by Gasteiger charge is -2.14. The standard InChI is InChI=1S/C15H21NO2/c1-10-6-11(2)15(14(7-10)18-3)13(17)8-12-4-5-16-9-12/h6-7,12,16H,4-5,8-9H2,1-3H3. The van der Waals surface area contributed by atoms with E-state index in [1.54, 1.807) is 7.11 Å². The molecular formula is C15H21NO2. The lowest BCUT2D eigenvalue weighted by atomic mass is 9.93. The maximum absolute atomic E-state index is 12.4. The topological polar surface area (TPSA) is 38.3 Å². The minimum Gasteiger partial charge on any atom is -0.496 e. The molecule has 1 aromatic carbocycles. The van der Waals surface area contributed by atoms with Crippen LogP contribution in [0.15, 0.2) is 12.1 Å². The molecule has 1 N–H and O–H groups in total. The summed E-state index contributed by atoms with van der Waals surface area (Å²) in [5, 5.41) is 3.30. The lowest BCUT2D eigenvalue weighted by Crippen LogP contribution is -2.14. The molecule has 0 saturated carbocycles. The molecule has 1 unspecified atom stereocenters. The van der Waals surface area contributed by atoms with Crippen molar-refractivity contribution in [2.24, 2.45) is 5.92 Å². The number of hydrogen-bond acceptors (Lipinski definition) is 3. The van der Waals surface area contributed by atoms with Crippen molar-refractivity contribution in [1.29, 1.82) is 0 Å². The molecule has 2 rings (SSSR count). The first-order valence-electron chi connectivity index (χ1n) is 6.51. The molecule has 1 heterocycles. The predicted molar refractivity (Wildman–Crippen MR) is 72.4 cm³/mol. The van der Waals surface area contributed by atoms with Crippen molar-refractivity contribution >= 4 is 5.78 Å². The summed E-state index contributed by atoms with van der Waals surface area (Å²) in [4.78, 5) is 12.4. The molecule has 18 heavy (non-hydrogen) atoms. The summed E-state index contributed by atoms with van der Waals surface area (Å²) in [6, 6.07) is 3.98. The van der Waals surface area contributed by atoms with E-state index in [4.69, 9.17) is 4.74 Å². The van der Waals surface area contributed by atoms with E-state index in [1.165, 1.54) is 0 Å². The van der Waals surface area contributed by atoms with Crippen molar-refractivity contribution in [3.05, 3.63) is 28.8 Å². The fourth-order valence-corrected chi connectivity index (χ4v) is 2.70. The molecule has 0 aromatic heterocycles. The van der Waals surface area contributed by atoms with E-state index in [9.17, 15) is 4.79 Å². The number of methoxy groups -OCH3 is 1. The summed E-state index contributed by atoms with van der Waals surface area (Å²) in [6.45, 7) is 5.99. The van der Waals surface area contributed by atoms with Crippen molar-refractivity contribution in [3.8, 4) is 5.75 Å². The Morgan fingerprint density at radius 3 is 2.83 bits per heavy atom. The third-order valence-electron chi connectivity index (χ3n) is 3.58. The summed E-state index contributed by atoms with van der Waals surface area (Å²) >= 11 is 0. The van der Waals surface area contributed by atoms with Crippen LogP contribution in [0.2, 0.25) is 0 Å². The molecule has 3 heteroatoms. The van der Waals surface area contributed by atoms with E-state index in [-0.39, 0.29) is 5.78 Å². The minimum absolute atomic E-state index is 0.207. The molecule has 0 bridgehead atoms. The third-order valence-corrected chi connectivity index (χ3v) is 3.58. The van der Waals surface area contributed by atoms with Crippen molar-refractivity contribution in [3.63, 3.8) is 0 Å². The maximum Gasteiger partial charge on any atom is 0.167 e. The average Bonchev–Trinajstić information content (AvgIpc) is 2.80. The number of carbonyl (C=O) groups excluding carboxylic acids is 1. The average molecular weight is 247 g/mol. The largest absolute Gasteiger partial charge is 0.496 e. The Bertz CT molecular complexity index is 448. The molecule has 1 aliphatic rings. The fraction of sp³-hybridized carbons (Fsp3) is 0.533. The molecule has 1 aliphatic heterocycles. The lowest BCUT2D eigenvalue weighted by molar-refractivity contribution is 0.0961. The van der Waals surface area contributed by atoms with Crippen LogP contribution in [0.5, 0.6) is 5.75 Å². The van der Waals surface area contributed by atoms with Gasteiger partial charge in [-0.1, -0.05) is 6.07 Å². The van der Waals surface area contributed by atoms with Gasteiger partial charge < -0.3 is 10.1 Å². The number of Topliss-reactive ketones (excluding diaryl/α,β-unsaturated/α-hetero) is 1. The van der Waals surface area contributed by atoms with Gasteiger partial charge in [-0.25, -0.2) is 0 Å². The molecule has 0 spiro atoms.